The number of hydrogen-bond donors (Lipinski definition) is 2. The molecule has 0 bridgehead atoms. The number of nitrogens with zero attached hydrogens (tertiary/aromatic N) is 1. The summed E-state index contributed by atoms with van der Waals surface area (Å²) in [5, 5.41) is 13.3. The first-order valence-electron chi connectivity index (χ1n) is 6.04. The predicted molar refractivity (Wildman–Crippen MR) is 71.9 cm³/mol. The molecule has 96 valence electrons. The Morgan fingerprint density at radius 2 is 2.11 bits per heavy atom. The third-order valence-electron chi connectivity index (χ3n) is 3.08. The first-order valence-corrected chi connectivity index (χ1v) is 6.04. The molecule has 0 amide bonds. The molecule has 4 heteroatoms. The third kappa shape index (κ3) is 2.38. The molecule has 1 aromatic heterocycles. The molecule has 0 aliphatic heterocycles. The van der Waals surface area contributed by atoms with Crippen LogP contribution in [0.2, 0.25) is 0 Å². The molecule has 0 aliphatic rings. The normalized spacial score (nSPS) is 11.3. The van der Waals surface area contributed by atoms with Gasteiger partial charge in [0.05, 0.1) is 5.56 Å². The summed E-state index contributed by atoms with van der Waals surface area (Å²) in [6, 6.07) is 7.69. The lowest BCUT2D eigenvalue weighted by Crippen LogP contribution is -2.22. The molecule has 0 fully saturated rings. The van der Waals surface area contributed by atoms with E-state index < -0.39 is 5.97 Å². The van der Waals surface area contributed by atoms with E-state index in [2.05, 4.69) is 23.7 Å². The first kappa shape index (κ1) is 12.6. The van der Waals surface area contributed by atoms with Gasteiger partial charge in [-0.2, -0.15) is 0 Å². The second-order valence-electron chi connectivity index (χ2n) is 4.81. The Labute approximate surface area is 106 Å². The summed E-state index contributed by atoms with van der Waals surface area (Å²) < 4.78 is 2.09. The van der Waals surface area contributed by atoms with Crippen molar-refractivity contribution in [3.05, 3.63) is 35.5 Å². The molecule has 2 N–H and O–H groups in total. The van der Waals surface area contributed by atoms with Crippen LogP contribution >= 0.6 is 0 Å². The SMILES string of the molecule is CC(C)NCc1cc2cc(C(=O)O)ccc2n1C. The summed E-state index contributed by atoms with van der Waals surface area (Å²) in [5.74, 6) is -0.886. The maximum absolute atomic E-state index is 10.9. The highest BCUT2D eigenvalue weighted by atomic mass is 16.4. The molecule has 4 nitrogen and oxygen atoms in total. The van der Waals surface area contributed by atoms with E-state index in [0.717, 1.165) is 23.1 Å². The van der Waals surface area contributed by atoms with Gasteiger partial charge in [0.15, 0.2) is 0 Å². The van der Waals surface area contributed by atoms with Gasteiger partial charge in [-0.15, -0.1) is 0 Å². The van der Waals surface area contributed by atoms with E-state index in [9.17, 15) is 4.79 Å². The van der Waals surface area contributed by atoms with E-state index >= 15 is 0 Å². The van der Waals surface area contributed by atoms with Crippen molar-refractivity contribution in [1.82, 2.24) is 9.88 Å². The minimum absolute atomic E-state index is 0.330. The van der Waals surface area contributed by atoms with Crippen molar-refractivity contribution < 1.29 is 9.90 Å². The largest absolute Gasteiger partial charge is 0.478 e. The van der Waals surface area contributed by atoms with Crippen LogP contribution in [-0.4, -0.2) is 21.7 Å². The maximum Gasteiger partial charge on any atom is 0.335 e. The fraction of sp³-hybridized carbons (Fsp3) is 0.357. The van der Waals surface area contributed by atoms with Crippen molar-refractivity contribution in [3.8, 4) is 0 Å². The van der Waals surface area contributed by atoms with Crippen molar-refractivity contribution in [2.75, 3.05) is 0 Å². The Bertz CT molecular complexity index is 585. The zero-order valence-electron chi connectivity index (χ0n) is 10.9. The van der Waals surface area contributed by atoms with Gasteiger partial charge in [-0.05, 0) is 24.3 Å². The number of carboxylic acids is 1. The highest BCUT2D eigenvalue weighted by Gasteiger charge is 2.09. The number of aryl methyl sites for hydroxylation is 1. The summed E-state index contributed by atoms with van der Waals surface area (Å²) in [5.41, 5.74) is 2.54. The molecule has 0 atom stereocenters. The van der Waals surface area contributed by atoms with Crippen LogP contribution in [0.5, 0.6) is 0 Å². The van der Waals surface area contributed by atoms with Gasteiger partial charge in [-0.25, -0.2) is 4.79 Å². The van der Waals surface area contributed by atoms with Crippen LogP contribution in [0, 0.1) is 0 Å². The van der Waals surface area contributed by atoms with Crippen LogP contribution in [0.25, 0.3) is 10.9 Å². The van der Waals surface area contributed by atoms with E-state index in [1.165, 1.54) is 0 Å². The number of rotatable bonds is 4. The molecular weight excluding hydrogens is 228 g/mol. The molecule has 18 heavy (non-hydrogen) atoms. The van der Waals surface area contributed by atoms with Gasteiger partial charge in [0, 0.05) is 36.2 Å². The highest BCUT2D eigenvalue weighted by Crippen LogP contribution is 2.20. The molecule has 1 heterocycles. The second-order valence-corrected chi connectivity index (χ2v) is 4.81. The van der Waals surface area contributed by atoms with E-state index in [0.29, 0.717) is 11.6 Å². The van der Waals surface area contributed by atoms with E-state index in [-0.39, 0.29) is 0 Å². The zero-order valence-corrected chi connectivity index (χ0v) is 10.9. The van der Waals surface area contributed by atoms with E-state index in [1.807, 2.05) is 19.2 Å². The zero-order chi connectivity index (χ0) is 13.3. The van der Waals surface area contributed by atoms with Crippen LogP contribution in [0.4, 0.5) is 0 Å². The average molecular weight is 246 g/mol. The fourth-order valence-electron chi connectivity index (χ4n) is 2.02. The van der Waals surface area contributed by atoms with Gasteiger partial charge in [0.2, 0.25) is 0 Å². The third-order valence-corrected chi connectivity index (χ3v) is 3.08. The van der Waals surface area contributed by atoms with Gasteiger partial charge >= 0.3 is 5.97 Å². The Hall–Kier alpha value is -1.81. The molecule has 0 saturated carbocycles. The Morgan fingerprint density at radius 3 is 2.72 bits per heavy atom. The lowest BCUT2D eigenvalue weighted by molar-refractivity contribution is 0.0697. The van der Waals surface area contributed by atoms with E-state index in [4.69, 9.17) is 5.11 Å². The molecule has 0 saturated heterocycles. The molecule has 0 aliphatic carbocycles. The van der Waals surface area contributed by atoms with Crippen LogP contribution < -0.4 is 5.32 Å². The highest BCUT2D eigenvalue weighted by molar-refractivity contribution is 5.93. The molecule has 0 radical (unpaired) electrons. The van der Waals surface area contributed by atoms with Crippen molar-refractivity contribution in [1.29, 1.82) is 0 Å². The summed E-state index contributed by atoms with van der Waals surface area (Å²) in [4.78, 5) is 10.9. The van der Waals surface area contributed by atoms with E-state index in [1.54, 1.807) is 12.1 Å². The summed E-state index contributed by atoms with van der Waals surface area (Å²) in [6.45, 7) is 4.99. The number of hydrogen-bond acceptors (Lipinski definition) is 2. The summed E-state index contributed by atoms with van der Waals surface area (Å²) in [7, 11) is 2.00. The van der Waals surface area contributed by atoms with Gasteiger partial charge in [0.25, 0.3) is 0 Å². The predicted octanol–water partition coefficient (Wildman–Crippen LogP) is 2.37. The second kappa shape index (κ2) is 4.82. The standard InChI is InChI=1S/C14H18N2O2/c1-9(2)15-8-12-7-11-6-10(14(17)18)4-5-13(11)16(12)3/h4-7,9,15H,8H2,1-3H3,(H,17,18). The van der Waals surface area contributed by atoms with Crippen molar-refractivity contribution in [2.24, 2.45) is 7.05 Å². The molecular formula is C14H18N2O2. The van der Waals surface area contributed by atoms with Crippen LogP contribution in [0.15, 0.2) is 24.3 Å². The fourth-order valence-corrected chi connectivity index (χ4v) is 2.02. The van der Waals surface area contributed by atoms with Gasteiger partial charge in [-0.3, -0.25) is 0 Å². The van der Waals surface area contributed by atoms with Crippen LogP contribution in [0.3, 0.4) is 0 Å². The van der Waals surface area contributed by atoms with Crippen molar-refractivity contribution >= 4 is 16.9 Å². The number of carboxylic acid groups (broad SMARTS) is 1. The molecule has 2 rings (SSSR count). The minimum atomic E-state index is -0.886. The van der Waals surface area contributed by atoms with Crippen molar-refractivity contribution in [2.45, 2.75) is 26.4 Å². The Kier molecular flexibility index (Phi) is 3.39. The quantitative estimate of drug-likeness (QED) is 0.870. The molecule has 0 spiro atoms. The first-order chi connectivity index (χ1) is 8.49. The minimum Gasteiger partial charge on any atom is -0.478 e. The average Bonchev–Trinajstić information content (AvgIpc) is 2.63. The summed E-state index contributed by atoms with van der Waals surface area (Å²) >= 11 is 0. The smallest absolute Gasteiger partial charge is 0.335 e. The number of aromatic carboxylic acids is 1. The summed E-state index contributed by atoms with van der Waals surface area (Å²) in [6.07, 6.45) is 0. The lowest BCUT2D eigenvalue weighted by Gasteiger charge is -2.08. The monoisotopic (exact) mass is 246 g/mol. The Balaban J connectivity index is 2.39. The Morgan fingerprint density at radius 1 is 1.39 bits per heavy atom. The maximum atomic E-state index is 10.9. The number of fused-ring (bicyclic) bond motifs is 1. The topological polar surface area (TPSA) is 54.3 Å². The number of nitrogens with one attached hydrogen (secondary N) is 1. The molecule has 0 unspecified atom stereocenters. The molecule has 2 aromatic rings. The number of carbonyl (C=O) groups is 1. The molecule has 1 aromatic carbocycles. The van der Waals surface area contributed by atoms with Gasteiger partial charge < -0.3 is 15.0 Å². The van der Waals surface area contributed by atoms with Gasteiger partial charge in [0.1, 0.15) is 0 Å². The lowest BCUT2D eigenvalue weighted by atomic mass is 10.1. The van der Waals surface area contributed by atoms with Gasteiger partial charge in [-0.1, -0.05) is 13.8 Å². The van der Waals surface area contributed by atoms with Crippen molar-refractivity contribution in [3.63, 3.8) is 0 Å². The number of aromatic nitrogens is 1. The van der Waals surface area contributed by atoms with Crippen LogP contribution in [0.1, 0.15) is 29.9 Å². The van der Waals surface area contributed by atoms with Crippen LogP contribution in [-0.2, 0) is 13.6 Å². The number of benzene rings is 1.